The van der Waals surface area contributed by atoms with E-state index in [1.54, 1.807) is 0 Å². The number of nitrogens with one attached hydrogen (secondary N) is 1. The van der Waals surface area contributed by atoms with Gasteiger partial charge in [-0.3, -0.25) is 4.79 Å². The van der Waals surface area contributed by atoms with Crippen molar-refractivity contribution < 1.29 is 9.53 Å². The first-order valence-corrected chi connectivity index (χ1v) is 7.81. The van der Waals surface area contributed by atoms with Gasteiger partial charge in [0.15, 0.2) is 0 Å². The molecule has 1 saturated heterocycles. The van der Waals surface area contributed by atoms with Crippen LogP contribution in [-0.2, 0) is 9.53 Å². The fourth-order valence-corrected chi connectivity index (χ4v) is 2.55. The highest BCUT2D eigenvalue weighted by Gasteiger charge is 2.30. The van der Waals surface area contributed by atoms with Crippen LogP contribution in [0.25, 0.3) is 0 Å². The molecule has 0 radical (unpaired) electrons. The quantitative estimate of drug-likeness (QED) is 0.700. The van der Waals surface area contributed by atoms with Gasteiger partial charge in [-0.15, -0.1) is 0 Å². The fraction of sp³-hybridized carbons (Fsp3) is 0.667. The van der Waals surface area contributed by atoms with Crippen molar-refractivity contribution in [2.45, 2.75) is 45.3 Å². The summed E-state index contributed by atoms with van der Waals surface area (Å²) in [6.07, 6.45) is 4.41. The van der Waals surface area contributed by atoms with Crippen molar-refractivity contribution in [3.05, 3.63) is 12.4 Å². The molecule has 7 nitrogen and oxygen atoms in total. The molecule has 2 rings (SSSR count). The zero-order valence-electron chi connectivity index (χ0n) is 13.3. The van der Waals surface area contributed by atoms with Gasteiger partial charge in [0.25, 0.3) is 0 Å². The second kappa shape index (κ2) is 7.93. The van der Waals surface area contributed by atoms with Crippen LogP contribution in [0.4, 0.5) is 11.6 Å². The summed E-state index contributed by atoms with van der Waals surface area (Å²) in [5.41, 5.74) is 5.45. The van der Waals surface area contributed by atoms with Crippen LogP contribution in [0.3, 0.4) is 0 Å². The van der Waals surface area contributed by atoms with Gasteiger partial charge in [-0.25, -0.2) is 9.97 Å². The molecule has 7 heteroatoms. The highest BCUT2D eigenvalue weighted by molar-refractivity contribution is 5.84. The predicted octanol–water partition coefficient (Wildman–Crippen LogP) is 1.16. The number of anilines is 2. The Morgan fingerprint density at radius 2 is 2.36 bits per heavy atom. The molecule has 1 aromatic heterocycles. The van der Waals surface area contributed by atoms with Crippen molar-refractivity contribution in [2.75, 3.05) is 29.9 Å². The Hall–Kier alpha value is -1.89. The van der Waals surface area contributed by atoms with E-state index in [0.29, 0.717) is 0 Å². The van der Waals surface area contributed by atoms with E-state index in [-0.39, 0.29) is 18.1 Å². The summed E-state index contributed by atoms with van der Waals surface area (Å²) in [5.74, 6) is 1.21. The molecule has 1 aliphatic rings. The van der Waals surface area contributed by atoms with Gasteiger partial charge in [0.2, 0.25) is 5.91 Å². The maximum atomic E-state index is 11.5. The molecule has 0 saturated carbocycles. The lowest BCUT2D eigenvalue weighted by Crippen LogP contribution is -2.40. The standard InChI is InChI=1S/C15H25N5O2/c1-11(2)22-8-4-6-17-13-9-14(19-10-18-13)20-7-3-5-12(20)15(16)21/h9-12H,3-8H2,1-2H3,(H2,16,21)(H,17,18,19). The maximum absolute atomic E-state index is 11.5. The van der Waals surface area contributed by atoms with Gasteiger partial charge in [-0.2, -0.15) is 0 Å². The largest absolute Gasteiger partial charge is 0.379 e. The minimum Gasteiger partial charge on any atom is -0.379 e. The maximum Gasteiger partial charge on any atom is 0.240 e. The van der Waals surface area contributed by atoms with Crippen LogP contribution < -0.4 is 16.0 Å². The van der Waals surface area contributed by atoms with Crippen molar-refractivity contribution in [3.63, 3.8) is 0 Å². The third-order valence-electron chi connectivity index (χ3n) is 3.61. The zero-order chi connectivity index (χ0) is 15.9. The Labute approximate surface area is 131 Å². The fourth-order valence-electron chi connectivity index (χ4n) is 2.55. The minimum absolute atomic E-state index is 0.256. The Bertz CT molecular complexity index is 495. The summed E-state index contributed by atoms with van der Waals surface area (Å²) in [6, 6.07) is 1.60. The van der Waals surface area contributed by atoms with Crippen molar-refractivity contribution in [2.24, 2.45) is 5.73 Å². The highest BCUT2D eigenvalue weighted by atomic mass is 16.5. The van der Waals surface area contributed by atoms with E-state index in [9.17, 15) is 4.79 Å². The Balaban J connectivity index is 1.88. The SMILES string of the molecule is CC(C)OCCCNc1cc(N2CCCC2C(N)=O)ncn1. The number of primary amides is 1. The third kappa shape index (κ3) is 4.56. The van der Waals surface area contributed by atoms with Gasteiger partial charge in [0.1, 0.15) is 24.0 Å². The molecule has 0 spiro atoms. The molecule has 1 amide bonds. The van der Waals surface area contributed by atoms with E-state index < -0.39 is 0 Å². The molecule has 1 unspecified atom stereocenters. The molecule has 22 heavy (non-hydrogen) atoms. The van der Waals surface area contributed by atoms with E-state index in [2.05, 4.69) is 15.3 Å². The Kier molecular flexibility index (Phi) is 5.94. The van der Waals surface area contributed by atoms with Gasteiger partial charge in [-0.05, 0) is 33.1 Å². The second-order valence-corrected chi connectivity index (χ2v) is 5.72. The molecule has 0 bridgehead atoms. The minimum atomic E-state index is -0.295. The summed E-state index contributed by atoms with van der Waals surface area (Å²) >= 11 is 0. The van der Waals surface area contributed by atoms with Crippen molar-refractivity contribution in [3.8, 4) is 0 Å². The van der Waals surface area contributed by atoms with E-state index in [1.807, 2.05) is 24.8 Å². The number of aromatic nitrogens is 2. The van der Waals surface area contributed by atoms with Gasteiger partial charge in [-0.1, -0.05) is 0 Å². The number of nitrogens with zero attached hydrogens (tertiary/aromatic N) is 3. The Morgan fingerprint density at radius 3 is 3.09 bits per heavy atom. The molecule has 0 aromatic carbocycles. The number of hydrogen-bond donors (Lipinski definition) is 2. The van der Waals surface area contributed by atoms with Crippen molar-refractivity contribution in [1.29, 1.82) is 0 Å². The molecule has 3 N–H and O–H groups in total. The van der Waals surface area contributed by atoms with Crippen molar-refractivity contribution >= 4 is 17.5 Å². The van der Waals surface area contributed by atoms with Gasteiger partial charge in [0, 0.05) is 25.8 Å². The number of ether oxygens (including phenoxy) is 1. The average molecular weight is 307 g/mol. The van der Waals surface area contributed by atoms with Crippen LogP contribution in [0.5, 0.6) is 0 Å². The molecule has 1 aromatic rings. The van der Waals surface area contributed by atoms with Crippen LogP contribution >= 0.6 is 0 Å². The first-order valence-electron chi connectivity index (χ1n) is 7.81. The molecule has 1 aliphatic heterocycles. The third-order valence-corrected chi connectivity index (χ3v) is 3.61. The zero-order valence-corrected chi connectivity index (χ0v) is 13.3. The summed E-state index contributed by atoms with van der Waals surface area (Å²) < 4.78 is 5.49. The lowest BCUT2D eigenvalue weighted by Gasteiger charge is -2.23. The number of carbonyl (C=O) groups excluding carboxylic acids is 1. The topological polar surface area (TPSA) is 93.4 Å². The van der Waals surface area contributed by atoms with Crippen LogP contribution in [0.2, 0.25) is 0 Å². The Morgan fingerprint density at radius 1 is 1.55 bits per heavy atom. The summed E-state index contributed by atoms with van der Waals surface area (Å²) in [7, 11) is 0. The van der Waals surface area contributed by atoms with Crippen LogP contribution in [0, 0.1) is 0 Å². The van der Waals surface area contributed by atoms with E-state index >= 15 is 0 Å². The van der Waals surface area contributed by atoms with E-state index in [0.717, 1.165) is 50.6 Å². The molecule has 122 valence electrons. The van der Waals surface area contributed by atoms with Gasteiger partial charge >= 0.3 is 0 Å². The van der Waals surface area contributed by atoms with Gasteiger partial charge in [0.05, 0.1) is 6.10 Å². The molecule has 1 fully saturated rings. The summed E-state index contributed by atoms with van der Waals surface area (Å²) in [5, 5.41) is 3.25. The van der Waals surface area contributed by atoms with Crippen LogP contribution in [0.1, 0.15) is 33.1 Å². The second-order valence-electron chi connectivity index (χ2n) is 5.72. The first-order chi connectivity index (χ1) is 10.6. The monoisotopic (exact) mass is 307 g/mol. The molecular formula is C15H25N5O2. The van der Waals surface area contributed by atoms with E-state index in [1.165, 1.54) is 6.33 Å². The van der Waals surface area contributed by atoms with Crippen LogP contribution in [-0.4, -0.2) is 47.7 Å². The summed E-state index contributed by atoms with van der Waals surface area (Å²) in [6.45, 7) is 6.35. The molecule has 0 aliphatic carbocycles. The molecule has 1 atom stereocenters. The molecule has 2 heterocycles. The van der Waals surface area contributed by atoms with Crippen molar-refractivity contribution in [1.82, 2.24) is 9.97 Å². The lowest BCUT2D eigenvalue weighted by atomic mass is 10.2. The van der Waals surface area contributed by atoms with Crippen LogP contribution in [0.15, 0.2) is 12.4 Å². The number of amides is 1. The number of rotatable bonds is 8. The number of nitrogens with two attached hydrogens (primary N) is 1. The lowest BCUT2D eigenvalue weighted by molar-refractivity contribution is -0.119. The first kappa shape index (κ1) is 16.5. The number of carbonyl (C=O) groups is 1. The average Bonchev–Trinajstić information content (AvgIpc) is 2.96. The molecular weight excluding hydrogens is 282 g/mol. The van der Waals surface area contributed by atoms with Gasteiger partial charge < -0.3 is 20.7 Å². The number of hydrogen-bond acceptors (Lipinski definition) is 6. The smallest absolute Gasteiger partial charge is 0.240 e. The summed E-state index contributed by atoms with van der Waals surface area (Å²) in [4.78, 5) is 21.9. The predicted molar refractivity (Wildman–Crippen MR) is 85.8 cm³/mol. The highest BCUT2D eigenvalue weighted by Crippen LogP contribution is 2.24. The normalized spacial score (nSPS) is 18.0. The van der Waals surface area contributed by atoms with E-state index in [4.69, 9.17) is 10.5 Å².